The fraction of sp³-hybridized carbons (Fsp3) is 0.371. The molecule has 43 heavy (non-hydrogen) atoms. The van der Waals surface area contributed by atoms with Crippen LogP contribution in [0.4, 0.5) is 0 Å². The maximum atomic E-state index is 12.4. The summed E-state index contributed by atoms with van der Waals surface area (Å²) in [6.45, 7) is 4.41. The van der Waals surface area contributed by atoms with Gasteiger partial charge in [-0.25, -0.2) is 9.59 Å². The molecule has 0 unspecified atom stereocenters. The highest BCUT2D eigenvalue weighted by Crippen LogP contribution is 2.41. The Morgan fingerprint density at radius 3 is 1.42 bits per heavy atom. The molecular weight excluding hydrogens is 613 g/mol. The predicted molar refractivity (Wildman–Crippen MR) is 188 cm³/mol. The van der Waals surface area contributed by atoms with Crippen LogP contribution in [-0.4, -0.2) is 24.2 Å². The topological polar surface area (TPSA) is 63.6 Å². The predicted octanol–water partition coefficient (Wildman–Crippen LogP) is 12.0. The van der Waals surface area contributed by atoms with Gasteiger partial charge in [-0.15, -0.1) is 45.3 Å². The molecule has 8 heteroatoms. The van der Waals surface area contributed by atoms with Crippen LogP contribution >= 0.6 is 45.3 Å². The van der Waals surface area contributed by atoms with Gasteiger partial charge in [0.15, 0.2) is 0 Å². The Balaban J connectivity index is 0.000000171. The lowest BCUT2D eigenvalue weighted by Gasteiger charge is -2.12. The zero-order valence-electron chi connectivity index (χ0n) is 25.0. The molecule has 0 radical (unpaired) electrons. The number of esters is 1. The number of aryl methyl sites for hydroxylation is 2. The maximum Gasteiger partial charge on any atom is 0.338 e. The number of ether oxygens (including phenoxy) is 1. The average Bonchev–Trinajstić information content (AvgIpc) is 3.82. The van der Waals surface area contributed by atoms with E-state index < -0.39 is 5.97 Å². The van der Waals surface area contributed by atoms with Crippen LogP contribution in [0.5, 0.6) is 0 Å². The number of carboxylic acid groups (broad SMARTS) is 1. The van der Waals surface area contributed by atoms with E-state index in [1.54, 1.807) is 45.3 Å². The summed E-state index contributed by atoms with van der Waals surface area (Å²) in [5, 5.41) is 22.3. The minimum atomic E-state index is -0.794. The molecule has 4 nitrogen and oxygen atoms in total. The first kappa shape index (κ1) is 31.6. The average molecular weight is 651 g/mol. The molecule has 6 aromatic rings. The van der Waals surface area contributed by atoms with Crippen LogP contribution in [0.1, 0.15) is 97.1 Å². The molecule has 0 aliphatic heterocycles. The number of rotatable bonds is 12. The van der Waals surface area contributed by atoms with E-state index in [0.717, 1.165) is 57.7 Å². The Bertz CT molecular complexity index is 1850. The number of methoxy groups -OCH3 is 1. The highest BCUT2D eigenvalue weighted by Gasteiger charge is 2.22. The van der Waals surface area contributed by atoms with Crippen molar-refractivity contribution < 1.29 is 19.4 Å². The third-order valence-corrected chi connectivity index (χ3v) is 12.0. The summed E-state index contributed by atoms with van der Waals surface area (Å²) in [5.74, 6) is -1.00. The van der Waals surface area contributed by atoms with Crippen molar-refractivity contribution >= 4 is 97.6 Å². The summed E-state index contributed by atoms with van der Waals surface area (Å²) in [5.41, 5.74) is 3.50. The lowest BCUT2D eigenvalue weighted by molar-refractivity contribution is 0.0601. The van der Waals surface area contributed by atoms with Gasteiger partial charge in [-0.2, -0.15) is 0 Å². The minimum Gasteiger partial charge on any atom is -0.478 e. The number of fused-ring (bicyclic) bond motifs is 6. The normalized spacial score (nSPS) is 11.4. The number of thiophene rings is 4. The highest BCUT2D eigenvalue weighted by molar-refractivity contribution is 7.26. The largest absolute Gasteiger partial charge is 0.478 e. The number of hydrogen-bond acceptors (Lipinski definition) is 7. The highest BCUT2D eigenvalue weighted by atomic mass is 32.1. The Labute approximate surface area is 268 Å². The Morgan fingerprint density at radius 1 is 0.605 bits per heavy atom. The van der Waals surface area contributed by atoms with Crippen LogP contribution in [-0.2, 0) is 17.6 Å². The Kier molecular flexibility index (Phi) is 10.9. The molecule has 0 spiro atoms. The molecular formula is C35H38O4S4. The van der Waals surface area contributed by atoms with Gasteiger partial charge in [-0.1, -0.05) is 52.4 Å². The second kappa shape index (κ2) is 14.8. The zero-order valence-corrected chi connectivity index (χ0v) is 28.3. The van der Waals surface area contributed by atoms with Crippen LogP contribution in [0, 0.1) is 0 Å². The molecule has 226 valence electrons. The van der Waals surface area contributed by atoms with Gasteiger partial charge in [0.25, 0.3) is 0 Å². The molecule has 0 amide bonds. The number of unbranched alkanes of at least 4 members (excludes halogenated alkanes) is 6. The van der Waals surface area contributed by atoms with Crippen molar-refractivity contribution in [2.75, 3.05) is 7.11 Å². The van der Waals surface area contributed by atoms with Crippen molar-refractivity contribution in [3.8, 4) is 0 Å². The number of hydrogen-bond donors (Lipinski definition) is 1. The fourth-order valence-corrected chi connectivity index (χ4v) is 10.00. The molecule has 0 saturated carbocycles. The molecule has 4 aromatic heterocycles. The van der Waals surface area contributed by atoms with E-state index in [4.69, 9.17) is 4.74 Å². The smallest absolute Gasteiger partial charge is 0.338 e. The van der Waals surface area contributed by atoms with Crippen molar-refractivity contribution in [2.24, 2.45) is 0 Å². The van der Waals surface area contributed by atoms with Crippen molar-refractivity contribution in [1.82, 2.24) is 0 Å². The summed E-state index contributed by atoms with van der Waals surface area (Å²) >= 11 is 6.83. The number of carbonyl (C=O) groups excluding carboxylic acids is 1. The third kappa shape index (κ3) is 6.53. The molecule has 0 aliphatic carbocycles. The second-order valence-electron chi connectivity index (χ2n) is 10.8. The van der Waals surface area contributed by atoms with Gasteiger partial charge in [-0.3, -0.25) is 0 Å². The van der Waals surface area contributed by atoms with Crippen molar-refractivity contribution in [3.05, 3.63) is 68.0 Å². The van der Waals surface area contributed by atoms with Crippen LogP contribution in [0.2, 0.25) is 0 Å². The summed E-state index contributed by atoms with van der Waals surface area (Å²) in [6, 6.07) is 8.25. The zero-order chi connectivity index (χ0) is 30.3. The minimum absolute atomic E-state index is 0.206. The molecule has 0 aliphatic rings. The molecule has 2 aromatic carbocycles. The quantitative estimate of drug-likeness (QED) is 0.106. The number of benzene rings is 2. The van der Waals surface area contributed by atoms with Crippen molar-refractivity contribution in [2.45, 2.75) is 78.1 Å². The van der Waals surface area contributed by atoms with Gasteiger partial charge >= 0.3 is 11.9 Å². The van der Waals surface area contributed by atoms with Crippen LogP contribution in [0.15, 0.2) is 45.8 Å². The van der Waals surface area contributed by atoms with E-state index in [0.29, 0.717) is 5.56 Å². The van der Waals surface area contributed by atoms with Gasteiger partial charge in [0, 0.05) is 10.8 Å². The summed E-state index contributed by atoms with van der Waals surface area (Å²) in [6.07, 6.45) is 11.3. The molecule has 0 atom stereocenters. The molecule has 0 saturated heterocycles. The van der Waals surface area contributed by atoms with Gasteiger partial charge < -0.3 is 9.84 Å². The van der Waals surface area contributed by atoms with Gasteiger partial charge in [0.1, 0.15) is 0 Å². The van der Waals surface area contributed by atoms with E-state index in [-0.39, 0.29) is 5.97 Å². The molecule has 4 heterocycles. The van der Waals surface area contributed by atoms with E-state index >= 15 is 0 Å². The number of carbonyl (C=O) groups is 2. The van der Waals surface area contributed by atoms with E-state index in [9.17, 15) is 14.7 Å². The van der Waals surface area contributed by atoms with Crippen molar-refractivity contribution in [3.63, 3.8) is 0 Å². The SMILES string of the molecule is CCCCCCc1c(C(=O)O)c2ccsc2c2sccc12.CCCCCCc1c(C(=O)OC)c2ccsc2c2sccc12. The molecule has 0 bridgehead atoms. The molecule has 6 rings (SSSR count). The van der Waals surface area contributed by atoms with Crippen LogP contribution < -0.4 is 0 Å². The summed E-state index contributed by atoms with van der Waals surface area (Å²) < 4.78 is 9.96. The monoisotopic (exact) mass is 650 g/mol. The van der Waals surface area contributed by atoms with E-state index in [1.807, 2.05) is 11.4 Å². The molecule has 0 fully saturated rings. The van der Waals surface area contributed by atoms with Gasteiger partial charge in [-0.05, 0) is 93.4 Å². The molecule has 1 N–H and O–H groups in total. The van der Waals surface area contributed by atoms with E-state index in [2.05, 4.69) is 48.2 Å². The first-order valence-corrected chi connectivity index (χ1v) is 18.6. The Hall–Kier alpha value is -2.78. The lowest BCUT2D eigenvalue weighted by Crippen LogP contribution is -2.07. The van der Waals surface area contributed by atoms with Crippen LogP contribution in [0.25, 0.3) is 40.3 Å². The van der Waals surface area contributed by atoms with Gasteiger partial charge in [0.2, 0.25) is 0 Å². The standard InChI is InChI=1S/C18H20O2S2.C17H18O2S2/c1-3-4-5-6-7-12-13-8-10-21-16(13)17-14(9-11-22-17)15(12)18(19)20-2;1-2-3-4-5-6-11-12-7-9-20-15(12)16-13(8-10-21-16)14(11)17(18)19/h8-11H,3-7H2,1-2H3;7-10H,2-6H2,1H3,(H,18,19). The second-order valence-corrected chi connectivity index (χ2v) is 14.4. The van der Waals surface area contributed by atoms with Crippen LogP contribution in [0.3, 0.4) is 0 Å². The first-order chi connectivity index (χ1) is 21.0. The Morgan fingerprint density at radius 2 is 1.00 bits per heavy atom. The summed E-state index contributed by atoms with van der Waals surface area (Å²) in [4.78, 5) is 24.2. The fourth-order valence-electron chi connectivity index (χ4n) is 5.96. The third-order valence-electron chi connectivity index (χ3n) is 8.03. The van der Waals surface area contributed by atoms with Crippen molar-refractivity contribution in [1.29, 1.82) is 0 Å². The summed E-state index contributed by atoms with van der Waals surface area (Å²) in [7, 11) is 1.47. The lowest BCUT2D eigenvalue weighted by atomic mass is 9.95. The van der Waals surface area contributed by atoms with Gasteiger partial charge in [0.05, 0.1) is 37.0 Å². The van der Waals surface area contributed by atoms with E-state index in [1.165, 1.54) is 70.7 Å². The number of carboxylic acids is 1. The number of aromatic carboxylic acids is 1. The maximum absolute atomic E-state index is 12.4. The first-order valence-electron chi connectivity index (χ1n) is 15.1.